The van der Waals surface area contributed by atoms with Crippen molar-refractivity contribution >= 4 is 0 Å². The molecule has 168 valence electrons. The molecular weight excluding hydrogens is 368 g/mol. The molecule has 4 aliphatic rings. The second-order valence-corrected chi connectivity index (χ2v) is 12.1. The third-order valence-corrected chi connectivity index (χ3v) is 9.90. The van der Waals surface area contributed by atoms with Gasteiger partial charge in [-0.25, -0.2) is 0 Å². The van der Waals surface area contributed by atoms with Gasteiger partial charge >= 0.3 is 0 Å². The van der Waals surface area contributed by atoms with E-state index in [1.807, 2.05) is 0 Å². The lowest BCUT2D eigenvalue weighted by Crippen LogP contribution is -2.54. The van der Waals surface area contributed by atoms with Gasteiger partial charge in [-0.1, -0.05) is 57.1 Å². The van der Waals surface area contributed by atoms with Crippen molar-refractivity contribution in [1.29, 1.82) is 0 Å². The lowest BCUT2D eigenvalue weighted by molar-refractivity contribution is -0.0983. The van der Waals surface area contributed by atoms with Crippen LogP contribution in [0.15, 0.2) is 34.9 Å². The van der Waals surface area contributed by atoms with Gasteiger partial charge in [0.15, 0.2) is 0 Å². The van der Waals surface area contributed by atoms with Gasteiger partial charge in [0, 0.05) is 0 Å². The van der Waals surface area contributed by atoms with E-state index >= 15 is 0 Å². The molecule has 2 saturated carbocycles. The molecule has 0 saturated heterocycles. The van der Waals surface area contributed by atoms with E-state index in [1.165, 1.54) is 31.3 Å². The number of rotatable bonds is 4. The minimum absolute atomic E-state index is 0.0358. The normalized spacial score (nSPS) is 42.9. The fraction of sp³-hybridized carbons (Fsp3) is 0.786. The Labute approximate surface area is 184 Å². The van der Waals surface area contributed by atoms with Gasteiger partial charge in [-0.2, -0.15) is 0 Å². The third-order valence-electron chi connectivity index (χ3n) is 9.90. The summed E-state index contributed by atoms with van der Waals surface area (Å²) in [7, 11) is 0. The summed E-state index contributed by atoms with van der Waals surface area (Å²) in [5.41, 5.74) is 5.26. The average molecular weight is 413 g/mol. The van der Waals surface area contributed by atoms with Crippen LogP contribution in [0.5, 0.6) is 0 Å². The molecule has 1 N–H and O–H groups in total. The lowest BCUT2D eigenvalue weighted by atomic mass is 9.46. The first-order valence-corrected chi connectivity index (χ1v) is 12.4. The van der Waals surface area contributed by atoms with Gasteiger partial charge in [-0.05, 0) is 98.9 Å². The number of aliphatic hydroxyl groups excluding tert-OH is 1. The number of hydrogen-bond donors (Lipinski definition) is 1. The Hall–Kier alpha value is -0.860. The van der Waals surface area contributed by atoms with E-state index in [-0.39, 0.29) is 22.3 Å². The third kappa shape index (κ3) is 3.28. The summed E-state index contributed by atoms with van der Waals surface area (Å²) in [4.78, 5) is 0. The van der Waals surface area contributed by atoms with E-state index < -0.39 is 0 Å². The second-order valence-electron chi connectivity index (χ2n) is 12.1. The van der Waals surface area contributed by atoms with Crippen molar-refractivity contribution in [3.63, 3.8) is 0 Å². The first-order chi connectivity index (χ1) is 14.0. The SMILES string of the molecule is CC(C)=CCO[C@@H](C)[C@H]1CCC2=C3C=C[C@H]4C(C)(C)[C@@H](O)CC[C@]4(C)[C@H]3CC[C@@]21C. The first kappa shape index (κ1) is 22.3. The van der Waals surface area contributed by atoms with Crippen LogP contribution in [0.2, 0.25) is 0 Å². The number of hydrogen-bond acceptors (Lipinski definition) is 2. The molecule has 4 rings (SSSR count). The lowest BCUT2D eigenvalue weighted by Gasteiger charge is -2.59. The molecule has 0 spiro atoms. The zero-order valence-corrected chi connectivity index (χ0v) is 20.4. The summed E-state index contributed by atoms with van der Waals surface area (Å²) >= 11 is 0. The predicted molar refractivity (Wildman–Crippen MR) is 125 cm³/mol. The quantitative estimate of drug-likeness (QED) is 0.511. The zero-order chi connectivity index (χ0) is 21.9. The maximum Gasteiger partial charge on any atom is 0.0653 e. The minimum atomic E-state index is -0.182. The highest BCUT2D eigenvalue weighted by atomic mass is 16.5. The summed E-state index contributed by atoms with van der Waals surface area (Å²) in [6, 6.07) is 0. The molecule has 0 aliphatic heterocycles. The van der Waals surface area contributed by atoms with Crippen LogP contribution in [0.25, 0.3) is 0 Å². The molecule has 0 heterocycles. The van der Waals surface area contributed by atoms with Crippen molar-refractivity contribution in [1.82, 2.24) is 0 Å². The van der Waals surface area contributed by atoms with Gasteiger partial charge in [-0.3, -0.25) is 0 Å². The Morgan fingerprint density at radius 1 is 1.17 bits per heavy atom. The molecule has 0 aromatic heterocycles. The van der Waals surface area contributed by atoms with Crippen LogP contribution in [0.1, 0.15) is 87.0 Å². The van der Waals surface area contributed by atoms with Gasteiger partial charge in [0.25, 0.3) is 0 Å². The Balaban J connectivity index is 1.64. The van der Waals surface area contributed by atoms with Gasteiger partial charge in [0.05, 0.1) is 18.8 Å². The maximum absolute atomic E-state index is 10.7. The van der Waals surface area contributed by atoms with Crippen LogP contribution in [0.4, 0.5) is 0 Å². The van der Waals surface area contributed by atoms with E-state index in [1.54, 1.807) is 11.1 Å². The van der Waals surface area contributed by atoms with Gasteiger partial charge in [0.2, 0.25) is 0 Å². The molecule has 30 heavy (non-hydrogen) atoms. The fourth-order valence-electron chi connectivity index (χ4n) is 7.98. The van der Waals surface area contributed by atoms with Crippen molar-refractivity contribution in [3.05, 3.63) is 34.9 Å². The average Bonchev–Trinajstić information content (AvgIpc) is 3.02. The van der Waals surface area contributed by atoms with E-state index in [0.717, 1.165) is 19.4 Å². The van der Waals surface area contributed by atoms with E-state index in [9.17, 15) is 5.11 Å². The molecule has 2 fully saturated rings. The van der Waals surface area contributed by atoms with Crippen molar-refractivity contribution < 1.29 is 9.84 Å². The van der Waals surface area contributed by atoms with E-state index in [4.69, 9.17) is 4.74 Å². The van der Waals surface area contributed by atoms with Crippen LogP contribution in [0, 0.1) is 34.0 Å². The van der Waals surface area contributed by atoms with Gasteiger partial charge in [0.1, 0.15) is 0 Å². The minimum Gasteiger partial charge on any atom is -0.393 e. The number of fused-ring (bicyclic) bond motifs is 4. The topological polar surface area (TPSA) is 29.5 Å². The largest absolute Gasteiger partial charge is 0.393 e. The standard InChI is InChI=1S/C28H44O2/c1-18(2)14-17-30-19(3)21-9-10-22-20-8-11-24-26(4,5)25(29)13-16-28(24,7)23(20)12-15-27(21,22)6/h8,11,14,19,21,23-25,29H,9-10,12-13,15-17H2,1-7H3/t19-,21+,23-,24-,25-,27+,28+/m0/s1. The van der Waals surface area contributed by atoms with Crippen LogP contribution < -0.4 is 0 Å². The van der Waals surface area contributed by atoms with Crippen LogP contribution >= 0.6 is 0 Å². The highest BCUT2D eigenvalue weighted by Gasteiger charge is 2.58. The van der Waals surface area contributed by atoms with Crippen LogP contribution in [0.3, 0.4) is 0 Å². The number of allylic oxidation sites excluding steroid dienone is 5. The molecule has 0 bridgehead atoms. The summed E-state index contributed by atoms with van der Waals surface area (Å²) in [5.74, 6) is 1.74. The molecular formula is C28H44O2. The summed E-state index contributed by atoms with van der Waals surface area (Å²) in [6.07, 6.45) is 14.5. The van der Waals surface area contributed by atoms with Crippen LogP contribution in [-0.4, -0.2) is 23.9 Å². The van der Waals surface area contributed by atoms with Crippen molar-refractivity contribution in [2.24, 2.45) is 34.0 Å². The second kappa shape index (κ2) is 7.62. The summed E-state index contributed by atoms with van der Waals surface area (Å²) in [5, 5.41) is 10.7. The van der Waals surface area contributed by atoms with Crippen LogP contribution in [-0.2, 0) is 4.74 Å². The van der Waals surface area contributed by atoms with Crippen molar-refractivity contribution in [3.8, 4) is 0 Å². The summed E-state index contributed by atoms with van der Waals surface area (Å²) < 4.78 is 6.29. The predicted octanol–water partition coefficient (Wildman–Crippen LogP) is 6.85. The Kier molecular flexibility index (Phi) is 5.68. The Morgan fingerprint density at radius 2 is 1.90 bits per heavy atom. The zero-order valence-electron chi connectivity index (χ0n) is 20.4. The molecule has 0 amide bonds. The molecule has 2 heteroatoms. The van der Waals surface area contributed by atoms with Crippen molar-refractivity contribution in [2.45, 2.75) is 99.2 Å². The van der Waals surface area contributed by atoms with Gasteiger partial charge < -0.3 is 9.84 Å². The fourth-order valence-corrected chi connectivity index (χ4v) is 7.98. The first-order valence-electron chi connectivity index (χ1n) is 12.4. The maximum atomic E-state index is 10.7. The monoisotopic (exact) mass is 412 g/mol. The molecule has 0 aromatic rings. The van der Waals surface area contributed by atoms with Gasteiger partial charge in [-0.15, -0.1) is 0 Å². The molecule has 0 unspecified atom stereocenters. The van der Waals surface area contributed by atoms with E-state index in [0.29, 0.717) is 23.9 Å². The van der Waals surface area contributed by atoms with Crippen molar-refractivity contribution in [2.75, 3.05) is 6.61 Å². The molecule has 2 nitrogen and oxygen atoms in total. The molecule has 0 radical (unpaired) electrons. The Morgan fingerprint density at radius 3 is 2.60 bits per heavy atom. The smallest absolute Gasteiger partial charge is 0.0653 e. The highest BCUT2D eigenvalue weighted by molar-refractivity contribution is 5.42. The summed E-state index contributed by atoms with van der Waals surface area (Å²) in [6.45, 7) is 16.9. The molecule has 7 atom stereocenters. The highest BCUT2D eigenvalue weighted by Crippen LogP contribution is 2.66. The number of ether oxygens (including phenoxy) is 1. The molecule has 4 aliphatic carbocycles. The number of aliphatic hydroxyl groups is 1. The van der Waals surface area contributed by atoms with E-state index in [2.05, 4.69) is 66.7 Å². The molecule has 0 aromatic carbocycles. The Bertz CT molecular complexity index is 768.